The number of amides is 1. The molecular formula is C14H9ClN2O2. The Morgan fingerprint density at radius 1 is 1.11 bits per heavy atom. The van der Waals surface area contributed by atoms with Crippen molar-refractivity contribution in [2.75, 3.05) is 4.90 Å². The third-order valence-corrected chi connectivity index (χ3v) is 3.30. The van der Waals surface area contributed by atoms with Gasteiger partial charge in [0.15, 0.2) is 0 Å². The van der Waals surface area contributed by atoms with E-state index in [1.807, 2.05) is 30.3 Å². The highest BCUT2D eigenvalue weighted by Crippen LogP contribution is 2.32. The molecule has 0 unspecified atom stereocenters. The molecule has 0 saturated carbocycles. The third-order valence-electron chi connectivity index (χ3n) is 2.99. The first kappa shape index (κ1) is 11.9. The van der Waals surface area contributed by atoms with Crippen LogP contribution < -0.4 is 4.90 Å². The lowest BCUT2D eigenvalue weighted by Crippen LogP contribution is -2.29. The van der Waals surface area contributed by atoms with Crippen molar-refractivity contribution in [3.05, 3.63) is 58.7 Å². The second-order valence-corrected chi connectivity index (χ2v) is 4.60. The van der Waals surface area contributed by atoms with Crippen LogP contribution in [0.25, 0.3) is 0 Å². The minimum Gasteiger partial charge on any atom is -0.285 e. The summed E-state index contributed by atoms with van der Waals surface area (Å²) >= 11 is 5.96. The van der Waals surface area contributed by atoms with Crippen LogP contribution in [-0.2, 0) is 11.3 Å². The van der Waals surface area contributed by atoms with Crippen LogP contribution >= 0.6 is 11.6 Å². The Morgan fingerprint density at radius 3 is 2.58 bits per heavy atom. The van der Waals surface area contributed by atoms with Crippen LogP contribution in [-0.4, -0.2) is 16.7 Å². The molecule has 1 aromatic carbocycles. The number of benzene rings is 1. The van der Waals surface area contributed by atoms with E-state index in [4.69, 9.17) is 11.6 Å². The Morgan fingerprint density at radius 2 is 1.84 bits per heavy atom. The molecule has 0 N–H and O–H groups in total. The molecule has 3 rings (SSSR count). The van der Waals surface area contributed by atoms with E-state index in [1.54, 1.807) is 0 Å². The standard InChI is InChI=1S/C14H9ClN2O2/c15-10-6-7-16-13-11(10)12(18)14(19)17(13)8-9-4-2-1-3-5-9/h1-7H,8H2. The van der Waals surface area contributed by atoms with E-state index in [2.05, 4.69) is 4.98 Å². The summed E-state index contributed by atoms with van der Waals surface area (Å²) in [6.45, 7) is 0.311. The predicted octanol–water partition coefficient (Wildman–Crippen LogP) is 2.46. The van der Waals surface area contributed by atoms with Gasteiger partial charge in [-0.15, -0.1) is 0 Å². The molecular weight excluding hydrogens is 264 g/mol. The van der Waals surface area contributed by atoms with E-state index >= 15 is 0 Å². The molecule has 1 amide bonds. The summed E-state index contributed by atoms with van der Waals surface area (Å²) in [7, 11) is 0. The molecule has 1 aliphatic heterocycles. The molecule has 19 heavy (non-hydrogen) atoms. The molecule has 1 aliphatic rings. The zero-order valence-electron chi connectivity index (χ0n) is 9.84. The Bertz CT molecular complexity index is 670. The van der Waals surface area contributed by atoms with E-state index in [1.165, 1.54) is 17.2 Å². The van der Waals surface area contributed by atoms with E-state index < -0.39 is 11.7 Å². The van der Waals surface area contributed by atoms with Gasteiger partial charge in [0.2, 0.25) is 0 Å². The van der Waals surface area contributed by atoms with Gasteiger partial charge in [-0.05, 0) is 11.6 Å². The normalized spacial score (nSPS) is 13.8. The molecule has 0 spiro atoms. The lowest BCUT2D eigenvalue weighted by Gasteiger charge is -2.15. The summed E-state index contributed by atoms with van der Waals surface area (Å²) in [6.07, 6.45) is 1.49. The first-order valence-corrected chi connectivity index (χ1v) is 6.11. The number of hydrogen-bond donors (Lipinski definition) is 0. The number of rotatable bonds is 2. The molecule has 94 valence electrons. The maximum Gasteiger partial charge on any atom is 0.301 e. The van der Waals surface area contributed by atoms with Crippen molar-refractivity contribution in [2.24, 2.45) is 0 Å². The molecule has 0 saturated heterocycles. The fourth-order valence-electron chi connectivity index (χ4n) is 2.08. The van der Waals surface area contributed by atoms with Crippen molar-refractivity contribution in [1.29, 1.82) is 0 Å². The number of anilines is 1. The van der Waals surface area contributed by atoms with Gasteiger partial charge in [-0.1, -0.05) is 41.9 Å². The summed E-state index contributed by atoms with van der Waals surface area (Å²) in [5.41, 5.74) is 1.13. The molecule has 0 radical (unpaired) electrons. The number of aromatic nitrogens is 1. The summed E-state index contributed by atoms with van der Waals surface area (Å²) in [4.78, 5) is 29.4. The van der Waals surface area contributed by atoms with Crippen LogP contribution in [0.2, 0.25) is 5.02 Å². The first-order valence-electron chi connectivity index (χ1n) is 5.73. The number of ketones is 1. The smallest absolute Gasteiger partial charge is 0.285 e. The summed E-state index contributed by atoms with van der Waals surface area (Å²) in [5.74, 6) is -0.838. The quantitative estimate of drug-likeness (QED) is 0.789. The summed E-state index contributed by atoms with van der Waals surface area (Å²) < 4.78 is 0. The van der Waals surface area contributed by atoms with Crippen molar-refractivity contribution >= 4 is 29.1 Å². The fraction of sp³-hybridized carbons (Fsp3) is 0.0714. The van der Waals surface area contributed by atoms with Crippen molar-refractivity contribution in [2.45, 2.75) is 6.54 Å². The van der Waals surface area contributed by atoms with Gasteiger partial charge < -0.3 is 0 Å². The van der Waals surface area contributed by atoms with E-state index in [0.29, 0.717) is 12.4 Å². The lowest BCUT2D eigenvalue weighted by atomic mass is 10.2. The molecule has 4 nitrogen and oxygen atoms in total. The number of hydrogen-bond acceptors (Lipinski definition) is 3. The molecule has 0 atom stereocenters. The number of carbonyl (C=O) groups is 2. The second-order valence-electron chi connectivity index (χ2n) is 4.20. The molecule has 2 aromatic rings. The molecule has 5 heteroatoms. The zero-order valence-corrected chi connectivity index (χ0v) is 10.6. The van der Waals surface area contributed by atoms with Gasteiger partial charge in [0.1, 0.15) is 5.82 Å². The first-order chi connectivity index (χ1) is 9.18. The lowest BCUT2D eigenvalue weighted by molar-refractivity contribution is -0.114. The zero-order chi connectivity index (χ0) is 13.4. The van der Waals surface area contributed by atoms with E-state index in [9.17, 15) is 9.59 Å². The highest BCUT2D eigenvalue weighted by Gasteiger charge is 2.38. The van der Waals surface area contributed by atoms with Gasteiger partial charge in [-0.3, -0.25) is 14.5 Å². The van der Waals surface area contributed by atoms with Crippen molar-refractivity contribution in [1.82, 2.24) is 4.98 Å². The summed E-state index contributed by atoms with van der Waals surface area (Å²) in [5, 5.41) is 0.263. The Balaban J connectivity index is 2.03. The Hall–Kier alpha value is -2.20. The van der Waals surface area contributed by atoms with Gasteiger partial charge >= 0.3 is 5.91 Å². The molecule has 1 aromatic heterocycles. The van der Waals surface area contributed by atoms with E-state index in [0.717, 1.165) is 5.56 Å². The maximum atomic E-state index is 12.0. The number of nitrogens with zero attached hydrogens (tertiary/aromatic N) is 2. The highest BCUT2D eigenvalue weighted by molar-refractivity contribution is 6.54. The van der Waals surface area contributed by atoms with Crippen molar-refractivity contribution < 1.29 is 9.59 Å². The average Bonchev–Trinajstić information content (AvgIpc) is 2.66. The van der Waals surface area contributed by atoms with Crippen LogP contribution in [0.4, 0.5) is 5.82 Å². The SMILES string of the molecule is O=C1C(=O)N(Cc2ccccc2)c2nccc(Cl)c21. The Kier molecular flexibility index (Phi) is 2.80. The number of pyridine rings is 1. The van der Waals surface area contributed by atoms with Crippen LogP contribution in [0.15, 0.2) is 42.6 Å². The van der Waals surface area contributed by atoms with Gasteiger partial charge in [0.25, 0.3) is 5.78 Å². The monoisotopic (exact) mass is 272 g/mol. The van der Waals surface area contributed by atoms with Crippen LogP contribution in [0.3, 0.4) is 0 Å². The predicted molar refractivity (Wildman–Crippen MR) is 71.2 cm³/mol. The topological polar surface area (TPSA) is 50.3 Å². The van der Waals surface area contributed by atoms with Crippen LogP contribution in [0, 0.1) is 0 Å². The summed E-state index contributed by atoms with van der Waals surface area (Å²) in [6, 6.07) is 10.9. The molecule has 2 heterocycles. The van der Waals surface area contributed by atoms with Crippen LogP contribution in [0.1, 0.15) is 15.9 Å². The molecule has 0 bridgehead atoms. The van der Waals surface area contributed by atoms with Crippen molar-refractivity contribution in [3.8, 4) is 0 Å². The maximum absolute atomic E-state index is 12.0. The van der Waals surface area contributed by atoms with Crippen LogP contribution in [0.5, 0.6) is 0 Å². The minimum atomic E-state index is -0.593. The minimum absolute atomic E-state index is 0.199. The largest absolute Gasteiger partial charge is 0.301 e. The van der Waals surface area contributed by atoms with Crippen molar-refractivity contribution in [3.63, 3.8) is 0 Å². The number of fused-ring (bicyclic) bond motifs is 1. The van der Waals surface area contributed by atoms with Gasteiger partial charge in [-0.25, -0.2) is 4.98 Å². The second kappa shape index (κ2) is 4.48. The number of halogens is 1. The molecule has 0 aliphatic carbocycles. The van der Waals surface area contributed by atoms with E-state index in [-0.39, 0.29) is 10.6 Å². The fourth-order valence-corrected chi connectivity index (χ4v) is 2.31. The average molecular weight is 273 g/mol. The number of Topliss-reactive ketones (excluding diaryl/α,β-unsaturated/α-hetero) is 1. The van der Waals surface area contributed by atoms with Gasteiger partial charge in [0.05, 0.1) is 17.1 Å². The third kappa shape index (κ3) is 1.90. The Labute approximate surface area is 114 Å². The van der Waals surface area contributed by atoms with Gasteiger partial charge in [0, 0.05) is 6.20 Å². The van der Waals surface area contributed by atoms with Gasteiger partial charge in [-0.2, -0.15) is 0 Å². The molecule has 0 fully saturated rings. The highest BCUT2D eigenvalue weighted by atomic mass is 35.5. The number of carbonyl (C=O) groups excluding carboxylic acids is 2.